The molecule has 0 saturated carbocycles. The predicted octanol–water partition coefficient (Wildman–Crippen LogP) is 3.31. The van der Waals surface area contributed by atoms with E-state index in [-0.39, 0.29) is 5.91 Å². The minimum Gasteiger partial charge on any atom is -0.372 e. The van der Waals surface area contributed by atoms with Gasteiger partial charge in [-0.1, -0.05) is 29.8 Å². The van der Waals surface area contributed by atoms with Gasteiger partial charge in [-0.25, -0.2) is 8.42 Å². The van der Waals surface area contributed by atoms with Crippen molar-refractivity contribution in [3.63, 3.8) is 0 Å². The maximum Gasteiger partial charge on any atom is 0.243 e. The van der Waals surface area contributed by atoms with Gasteiger partial charge in [-0.2, -0.15) is 0 Å². The highest BCUT2D eigenvalue weighted by Gasteiger charge is 2.28. The Kier molecular flexibility index (Phi) is 7.67. The van der Waals surface area contributed by atoms with Crippen LogP contribution in [0.1, 0.15) is 31.9 Å². The molecule has 0 aliphatic carbocycles. The van der Waals surface area contributed by atoms with Gasteiger partial charge in [0, 0.05) is 25.3 Å². The molecule has 0 aliphatic rings. The van der Waals surface area contributed by atoms with Crippen molar-refractivity contribution < 1.29 is 13.2 Å². The number of aryl methyl sites for hydroxylation is 1. The van der Waals surface area contributed by atoms with Crippen molar-refractivity contribution in [1.29, 1.82) is 0 Å². The van der Waals surface area contributed by atoms with Crippen LogP contribution in [0.25, 0.3) is 0 Å². The van der Waals surface area contributed by atoms with Crippen molar-refractivity contribution in [2.75, 3.05) is 28.6 Å². The zero-order chi connectivity index (χ0) is 21.6. The summed E-state index contributed by atoms with van der Waals surface area (Å²) in [6, 6.07) is 14.3. The third-order valence-electron chi connectivity index (χ3n) is 4.91. The number of carbonyl (C=O) groups is 1. The van der Waals surface area contributed by atoms with Gasteiger partial charge in [-0.15, -0.1) is 0 Å². The summed E-state index contributed by atoms with van der Waals surface area (Å²) in [7, 11) is -3.61. The monoisotopic (exact) mass is 417 g/mol. The van der Waals surface area contributed by atoms with Gasteiger partial charge in [0.25, 0.3) is 0 Å². The number of amides is 1. The van der Waals surface area contributed by atoms with Crippen LogP contribution in [0, 0.1) is 6.92 Å². The standard InChI is InChI=1S/C22H31N3O3S/c1-6-24(7-2)20-14-10-19(11-15-20)16-23-22(26)18(4)25(29(5,27)28)21-12-8-17(3)9-13-21/h8-15,18H,6-7,16H2,1-5H3,(H,23,26). The summed E-state index contributed by atoms with van der Waals surface area (Å²) in [5.41, 5.74) is 3.60. The Labute approximate surface area is 174 Å². The second-order valence-electron chi connectivity index (χ2n) is 7.13. The first kappa shape index (κ1) is 22.7. The van der Waals surface area contributed by atoms with E-state index in [1.807, 2.05) is 43.3 Å². The van der Waals surface area contributed by atoms with Crippen LogP contribution in [0.4, 0.5) is 11.4 Å². The lowest BCUT2D eigenvalue weighted by Crippen LogP contribution is -2.47. The fraction of sp³-hybridized carbons (Fsp3) is 0.409. The number of hydrogen-bond donors (Lipinski definition) is 1. The summed E-state index contributed by atoms with van der Waals surface area (Å²) in [4.78, 5) is 14.9. The fourth-order valence-electron chi connectivity index (χ4n) is 3.25. The number of benzene rings is 2. The minimum absolute atomic E-state index is 0.340. The normalized spacial score (nSPS) is 12.3. The molecule has 0 aliphatic heterocycles. The number of rotatable bonds is 9. The zero-order valence-electron chi connectivity index (χ0n) is 17.8. The summed E-state index contributed by atoms with van der Waals surface area (Å²) >= 11 is 0. The molecule has 0 fully saturated rings. The van der Waals surface area contributed by atoms with Crippen LogP contribution in [0.15, 0.2) is 48.5 Å². The van der Waals surface area contributed by atoms with Crippen LogP contribution < -0.4 is 14.5 Å². The van der Waals surface area contributed by atoms with Gasteiger partial charge in [0.2, 0.25) is 15.9 Å². The number of anilines is 2. The van der Waals surface area contributed by atoms with E-state index in [0.717, 1.165) is 40.5 Å². The van der Waals surface area contributed by atoms with E-state index in [1.54, 1.807) is 19.1 Å². The van der Waals surface area contributed by atoms with Gasteiger partial charge in [0.05, 0.1) is 11.9 Å². The molecule has 1 amide bonds. The molecule has 158 valence electrons. The fourth-order valence-corrected chi connectivity index (χ4v) is 4.43. The topological polar surface area (TPSA) is 69.7 Å². The summed E-state index contributed by atoms with van der Waals surface area (Å²) in [6.07, 6.45) is 1.11. The summed E-state index contributed by atoms with van der Waals surface area (Å²) in [5, 5.41) is 2.85. The second kappa shape index (κ2) is 9.78. The summed E-state index contributed by atoms with van der Waals surface area (Å²) in [6.45, 7) is 9.96. The smallest absolute Gasteiger partial charge is 0.243 e. The second-order valence-corrected chi connectivity index (χ2v) is 8.99. The molecule has 6 nitrogen and oxygen atoms in total. The average molecular weight is 418 g/mol. The Balaban J connectivity index is 2.09. The van der Waals surface area contributed by atoms with Gasteiger partial charge in [0.15, 0.2) is 0 Å². The lowest BCUT2D eigenvalue weighted by atomic mass is 10.1. The Morgan fingerprint density at radius 3 is 1.97 bits per heavy atom. The Morgan fingerprint density at radius 2 is 1.48 bits per heavy atom. The minimum atomic E-state index is -3.61. The quantitative estimate of drug-likeness (QED) is 0.680. The average Bonchev–Trinajstić information content (AvgIpc) is 2.68. The van der Waals surface area contributed by atoms with Gasteiger partial charge < -0.3 is 10.2 Å². The third-order valence-corrected chi connectivity index (χ3v) is 6.15. The Bertz CT molecular complexity index is 905. The summed E-state index contributed by atoms with van der Waals surface area (Å²) < 4.78 is 25.8. The number of sulfonamides is 1. The van der Waals surface area contributed by atoms with E-state index in [2.05, 4.69) is 24.1 Å². The lowest BCUT2D eigenvalue weighted by molar-refractivity contribution is -0.122. The van der Waals surface area contributed by atoms with Crippen molar-refractivity contribution in [2.24, 2.45) is 0 Å². The SMILES string of the molecule is CCN(CC)c1ccc(CNC(=O)C(C)N(c2ccc(C)cc2)S(C)(=O)=O)cc1. The lowest BCUT2D eigenvalue weighted by Gasteiger charge is -2.28. The largest absolute Gasteiger partial charge is 0.372 e. The molecule has 2 aromatic carbocycles. The van der Waals surface area contributed by atoms with E-state index < -0.39 is 16.1 Å². The van der Waals surface area contributed by atoms with Crippen molar-refractivity contribution in [1.82, 2.24) is 5.32 Å². The highest BCUT2D eigenvalue weighted by Crippen LogP contribution is 2.21. The number of nitrogens with zero attached hydrogens (tertiary/aromatic N) is 2. The van der Waals surface area contributed by atoms with E-state index >= 15 is 0 Å². The molecule has 0 radical (unpaired) electrons. The van der Waals surface area contributed by atoms with Crippen LogP contribution in [-0.4, -0.2) is 39.7 Å². The van der Waals surface area contributed by atoms with E-state index in [0.29, 0.717) is 12.2 Å². The molecule has 0 bridgehead atoms. The van der Waals surface area contributed by atoms with E-state index in [1.165, 1.54) is 0 Å². The molecular formula is C22H31N3O3S. The van der Waals surface area contributed by atoms with Crippen LogP contribution in [0.3, 0.4) is 0 Å². The zero-order valence-corrected chi connectivity index (χ0v) is 18.7. The van der Waals surface area contributed by atoms with E-state index in [9.17, 15) is 13.2 Å². The molecule has 1 N–H and O–H groups in total. The van der Waals surface area contributed by atoms with Crippen LogP contribution in [-0.2, 0) is 21.4 Å². The molecule has 1 unspecified atom stereocenters. The van der Waals surface area contributed by atoms with Crippen molar-refractivity contribution in [3.05, 3.63) is 59.7 Å². The van der Waals surface area contributed by atoms with Gasteiger partial charge in [-0.05, 0) is 57.5 Å². The van der Waals surface area contributed by atoms with Gasteiger partial charge in [0.1, 0.15) is 6.04 Å². The molecule has 1 atom stereocenters. The molecule has 29 heavy (non-hydrogen) atoms. The Morgan fingerprint density at radius 1 is 0.966 bits per heavy atom. The third kappa shape index (κ3) is 5.97. The Hall–Kier alpha value is -2.54. The maximum atomic E-state index is 12.7. The van der Waals surface area contributed by atoms with Crippen molar-refractivity contribution >= 4 is 27.3 Å². The van der Waals surface area contributed by atoms with Gasteiger partial charge >= 0.3 is 0 Å². The van der Waals surface area contributed by atoms with Crippen molar-refractivity contribution in [3.8, 4) is 0 Å². The maximum absolute atomic E-state index is 12.7. The van der Waals surface area contributed by atoms with Crippen LogP contribution in [0.5, 0.6) is 0 Å². The molecule has 0 heterocycles. The number of carbonyl (C=O) groups excluding carboxylic acids is 1. The molecule has 0 aromatic heterocycles. The highest BCUT2D eigenvalue weighted by molar-refractivity contribution is 7.92. The molecule has 0 saturated heterocycles. The van der Waals surface area contributed by atoms with Crippen LogP contribution in [0.2, 0.25) is 0 Å². The molecule has 2 aromatic rings. The van der Waals surface area contributed by atoms with Gasteiger partial charge in [-0.3, -0.25) is 9.10 Å². The molecule has 7 heteroatoms. The first-order valence-electron chi connectivity index (χ1n) is 9.85. The summed E-state index contributed by atoms with van der Waals surface area (Å²) in [5.74, 6) is -0.344. The first-order chi connectivity index (χ1) is 13.7. The highest BCUT2D eigenvalue weighted by atomic mass is 32.2. The number of hydrogen-bond acceptors (Lipinski definition) is 4. The van der Waals surface area contributed by atoms with Crippen LogP contribution >= 0.6 is 0 Å². The van der Waals surface area contributed by atoms with E-state index in [4.69, 9.17) is 0 Å². The molecule has 2 rings (SSSR count). The van der Waals surface area contributed by atoms with Crippen molar-refractivity contribution in [2.45, 2.75) is 40.3 Å². The molecule has 0 spiro atoms. The predicted molar refractivity (Wildman–Crippen MR) is 120 cm³/mol. The molecular weight excluding hydrogens is 386 g/mol. The number of nitrogens with one attached hydrogen (secondary N) is 1. The first-order valence-corrected chi connectivity index (χ1v) is 11.7.